The fourth-order valence-electron chi connectivity index (χ4n) is 3.34. The van der Waals surface area contributed by atoms with E-state index in [1.54, 1.807) is 17.0 Å². The number of fused-ring (bicyclic) bond motifs is 1. The highest BCUT2D eigenvalue weighted by molar-refractivity contribution is 5.83. The first kappa shape index (κ1) is 16.7. The quantitative estimate of drug-likeness (QED) is 0.924. The van der Waals surface area contributed by atoms with Gasteiger partial charge in [0.05, 0.1) is 0 Å². The second-order valence-electron chi connectivity index (χ2n) is 7.59. The summed E-state index contributed by atoms with van der Waals surface area (Å²) in [5.74, 6) is 0.0587. The van der Waals surface area contributed by atoms with E-state index < -0.39 is 5.60 Å². The second-order valence-corrected chi connectivity index (χ2v) is 7.59. The van der Waals surface area contributed by atoms with Crippen LogP contribution in [0.4, 0.5) is 9.18 Å². The first-order valence-electron chi connectivity index (χ1n) is 8.25. The second kappa shape index (κ2) is 6.07. The van der Waals surface area contributed by atoms with E-state index in [9.17, 15) is 14.0 Å². The van der Waals surface area contributed by atoms with E-state index in [1.807, 2.05) is 20.8 Å². The molecule has 2 atom stereocenters. The van der Waals surface area contributed by atoms with Crippen molar-refractivity contribution in [1.29, 1.82) is 0 Å². The Morgan fingerprint density at radius 1 is 1.29 bits per heavy atom. The molecule has 3 rings (SSSR count). The van der Waals surface area contributed by atoms with Crippen molar-refractivity contribution in [1.82, 2.24) is 10.2 Å². The zero-order valence-corrected chi connectivity index (χ0v) is 14.2. The van der Waals surface area contributed by atoms with Gasteiger partial charge in [0.15, 0.2) is 0 Å². The van der Waals surface area contributed by atoms with Crippen molar-refractivity contribution in [3.63, 3.8) is 0 Å². The van der Waals surface area contributed by atoms with Crippen LogP contribution >= 0.6 is 0 Å². The number of nitrogens with zero attached hydrogens (tertiary/aromatic N) is 1. The molecule has 1 aromatic rings. The smallest absolute Gasteiger partial charge is 0.410 e. The lowest BCUT2D eigenvalue weighted by Gasteiger charge is -2.25. The Labute approximate surface area is 141 Å². The van der Waals surface area contributed by atoms with Gasteiger partial charge in [-0.15, -0.1) is 0 Å². The zero-order chi connectivity index (χ0) is 17.5. The van der Waals surface area contributed by atoms with Crippen LogP contribution in [0, 0.1) is 23.6 Å². The number of piperidine rings is 1. The molecule has 1 saturated carbocycles. The first-order valence-corrected chi connectivity index (χ1v) is 8.25. The van der Waals surface area contributed by atoms with Gasteiger partial charge in [0.25, 0.3) is 0 Å². The van der Waals surface area contributed by atoms with Gasteiger partial charge in [0.2, 0.25) is 5.91 Å². The fraction of sp³-hybridized carbons (Fsp3) is 0.556. The van der Waals surface area contributed by atoms with Crippen molar-refractivity contribution in [3.8, 4) is 0 Å². The number of nitrogens with one attached hydrogen (secondary N) is 1. The molecule has 2 aliphatic rings. The molecule has 130 valence electrons. The number of hydrogen-bond donors (Lipinski definition) is 1. The number of carbonyl (C=O) groups is 2. The molecule has 0 bridgehead atoms. The Morgan fingerprint density at radius 3 is 2.54 bits per heavy atom. The van der Waals surface area contributed by atoms with Crippen LogP contribution in [0.3, 0.4) is 0 Å². The molecule has 2 unspecified atom stereocenters. The molecule has 6 heteroatoms. The minimum atomic E-state index is -0.508. The average molecular weight is 334 g/mol. The Hall–Kier alpha value is -2.11. The number of carbonyl (C=O) groups excluding carboxylic acids is 2. The lowest BCUT2D eigenvalue weighted by molar-refractivity contribution is -0.123. The van der Waals surface area contributed by atoms with Crippen molar-refractivity contribution in [2.75, 3.05) is 13.1 Å². The molecule has 0 spiro atoms. The van der Waals surface area contributed by atoms with E-state index in [-0.39, 0.29) is 35.6 Å². The Morgan fingerprint density at radius 2 is 1.96 bits per heavy atom. The number of rotatable bonds is 3. The number of hydrogen-bond acceptors (Lipinski definition) is 3. The highest BCUT2D eigenvalue weighted by Crippen LogP contribution is 2.52. The van der Waals surface area contributed by atoms with Gasteiger partial charge >= 0.3 is 6.09 Å². The number of halogens is 1. The summed E-state index contributed by atoms with van der Waals surface area (Å²) < 4.78 is 18.5. The molecule has 5 nitrogen and oxygen atoms in total. The van der Waals surface area contributed by atoms with Gasteiger partial charge in [-0.05, 0) is 50.3 Å². The Kier molecular flexibility index (Phi) is 4.24. The summed E-state index contributed by atoms with van der Waals surface area (Å²) in [4.78, 5) is 25.9. The summed E-state index contributed by atoms with van der Waals surface area (Å²) in [7, 11) is 0. The molecule has 2 amide bonds. The molecule has 1 saturated heterocycles. The van der Waals surface area contributed by atoms with Gasteiger partial charge in [0, 0.05) is 25.6 Å². The molecule has 1 N–H and O–H groups in total. The summed E-state index contributed by atoms with van der Waals surface area (Å²) in [5, 5.41) is 2.86. The maximum absolute atomic E-state index is 13.1. The number of likely N-dealkylation sites (tertiary alicyclic amines) is 1. The lowest BCUT2D eigenvalue weighted by atomic mass is 10.2. The highest BCUT2D eigenvalue weighted by atomic mass is 19.1. The molecule has 1 aromatic carbocycles. The number of ether oxygens (including phenoxy) is 1. The summed E-state index contributed by atoms with van der Waals surface area (Å²) in [6, 6.07) is 6.20. The van der Waals surface area contributed by atoms with E-state index in [4.69, 9.17) is 4.74 Å². The molecule has 0 radical (unpaired) electrons. The number of benzene rings is 1. The predicted octanol–water partition coefficient (Wildman–Crippen LogP) is 2.55. The van der Waals surface area contributed by atoms with E-state index in [0.717, 1.165) is 5.56 Å². The Balaban J connectivity index is 1.45. The molecule has 0 aromatic heterocycles. The van der Waals surface area contributed by atoms with Crippen molar-refractivity contribution < 1.29 is 18.7 Å². The van der Waals surface area contributed by atoms with Gasteiger partial charge in [-0.25, -0.2) is 9.18 Å². The third kappa shape index (κ3) is 3.68. The minimum Gasteiger partial charge on any atom is -0.444 e. The topological polar surface area (TPSA) is 58.6 Å². The molecular formula is C18H23FN2O3. The summed E-state index contributed by atoms with van der Waals surface area (Å²) in [5.41, 5.74) is 0.232. The van der Waals surface area contributed by atoms with Gasteiger partial charge in [0.1, 0.15) is 11.4 Å². The Bertz CT molecular complexity index is 644. The lowest BCUT2D eigenvalue weighted by Crippen LogP contribution is -2.38. The van der Waals surface area contributed by atoms with Crippen LogP contribution < -0.4 is 5.32 Å². The van der Waals surface area contributed by atoms with Crippen LogP contribution in [-0.2, 0) is 16.1 Å². The number of amides is 2. The summed E-state index contributed by atoms with van der Waals surface area (Å²) in [6.45, 7) is 6.97. The minimum absolute atomic E-state index is 0.0156. The van der Waals surface area contributed by atoms with Crippen LogP contribution in [-0.4, -0.2) is 35.6 Å². The third-order valence-corrected chi connectivity index (χ3v) is 4.50. The molecule has 2 fully saturated rings. The fourth-order valence-corrected chi connectivity index (χ4v) is 3.34. The predicted molar refractivity (Wildman–Crippen MR) is 86.5 cm³/mol. The van der Waals surface area contributed by atoms with Crippen molar-refractivity contribution in [2.24, 2.45) is 17.8 Å². The maximum Gasteiger partial charge on any atom is 0.410 e. The maximum atomic E-state index is 13.1. The molecule has 24 heavy (non-hydrogen) atoms. The van der Waals surface area contributed by atoms with Crippen molar-refractivity contribution in [3.05, 3.63) is 35.6 Å². The third-order valence-electron chi connectivity index (χ3n) is 4.50. The van der Waals surface area contributed by atoms with Crippen LogP contribution in [0.1, 0.15) is 26.3 Å². The monoisotopic (exact) mass is 334 g/mol. The highest BCUT2D eigenvalue weighted by Gasteiger charge is 2.60. The van der Waals surface area contributed by atoms with Gasteiger partial charge in [-0.2, -0.15) is 0 Å². The van der Waals surface area contributed by atoms with Crippen LogP contribution in [0.2, 0.25) is 0 Å². The van der Waals surface area contributed by atoms with Gasteiger partial charge in [-0.1, -0.05) is 12.1 Å². The average Bonchev–Trinajstić information content (AvgIpc) is 2.97. The van der Waals surface area contributed by atoms with Crippen LogP contribution in [0.15, 0.2) is 24.3 Å². The van der Waals surface area contributed by atoms with E-state index in [2.05, 4.69) is 5.32 Å². The molecule has 1 aliphatic heterocycles. The largest absolute Gasteiger partial charge is 0.444 e. The van der Waals surface area contributed by atoms with E-state index >= 15 is 0 Å². The molecule has 1 aliphatic carbocycles. The molecule has 1 heterocycles. The van der Waals surface area contributed by atoms with Crippen molar-refractivity contribution in [2.45, 2.75) is 32.9 Å². The van der Waals surface area contributed by atoms with Crippen LogP contribution in [0.25, 0.3) is 0 Å². The van der Waals surface area contributed by atoms with Gasteiger partial charge < -0.3 is 15.0 Å². The van der Waals surface area contributed by atoms with Crippen LogP contribution in [0.5, 0.6) is 0 Å². The SMILES string of the molecule is CC(C)(C)OC(=O)N1CC2C(C1)C2C(=O)NCc1cccc(F)c1. The first-order chi connectivity index (χ1) is 11.2. The normalized spacial score (nSPS) is 25.2. The van der Waals surface area contributed by atoms with E-state index in [0.29, 0.717) is 19.6 Å². The summed E-state index contributed by atoms with van der Waals surface area (Å²) in [6.07, 6.45) is -0.311. The van der Waals surface area contributed by atoms with E-state index in [1.165, 1.54) is 12.1 Å². The van der Waals surface area contributed by atoms with Crippen molar-refractivity contribution >= 4 is 12.0 Å². The standard InChI is InChI=1S/C18H23FN2O3/c1-18(2,3)24-17(23)21-9-13-14(10-21)15(13)16(22)20-8-11-5-4-6-12(19)7-11/h4-7,13-15H,8-10H2,1-3H3,(H,20,22). The molecular weight excluding hydrogens is 311 g/mol. The zero-order valence-electron chi connectivity index (χ0n) is 14.2. The van der Waals surface area contributed by atoms with Gasteiger partial charge in [-0.3, -0.25) is 4.79 Å². The summed E-state index contributed by atoms with van der Waals surface area (Å²) >= 11 is 0.